The molecule has 0 fully saturated rings. The molecule has 0 radical (unpaired) electrons. The zero-order chi connectivity index (χ0) is 11.4. The van der Waals surface area contributed by atoms with Crippen LogP contribution in [-0.2, 0) is 13.2 Å². The van der Waals surface area contributed by atoms with Crippen LogP contribution in [0.5, 0.6) is 0 Å². The minimum Gasteiger partial charge on any atom is -0.388 e. The van der Waals surface area contributed by atoms with Crippen molar-refractivity contribution in [2.75, 3.05) is 0 Å². The first-order chi connectivity index (χ1) is 7.11. The van der Waals surface area contributed by atoms with Gasteiger partial charge in [-0.15, -0.1) is 10.2 Å². The van der Waals surface area contributed by atoms with Gasteiger partial charge in [-0.1, -0.05) is 27.7 Å². The standard InChI is InChI=1S/C11H21N3O/c1-5-6-14-10(7-15)12-13-11(14)9(4)8(2)3/h8-9,15H,5-7H2,1-4H3. The van der Waals surface area contributed by atoms with Crippen LogP contribution in [0.25, 0.3) is 0 Å². The summed E-state index contributed by atoms with van der Waals surface area (Å²) in [6.07, 6.45) is 1.03. The first kappa shape index (κ1) is 12.2. The van der Waals surface area contributed by atoms with Crippen molar-refractivity contribution in [3.8, 4) is 0 Å². The Bertz CT molecular complexity index is 307. The number of hydrogen-bond acceptors (Lipinski definition) is 3. The Morgan fingerprint density at radius 3 is 2.40 bits per heavy atom. The van der Waals surface area contributed by atoms with Crippen LogP contribution < -0.4 is 0 Å². The molecule has 1 aromatic rings. The molecular formula is C11H21N3O. The van der Waals surface area contributed by atoms with Crippen LogP contribution in [-0.4, -0.2) is 19.9 Å². The van der Waals surface area contributed by atoms with E-state index in [1.165, 1.54) is 0 Å². The monoisotopic (exact) mass is 211 g/mol. The Morgan fingerprint density at radius 2 is 1.93 bits per heavy atom. The summed E-state index contributed by atoms with van der Waals surface area (Å²) in [4.78, 5) is 0. The molecule has 0 aliphatic heterocycles. The third-order valence-corrected chi connectivity index (χ3v) is 2.85. The quantitative estimate of drug-likeness (QED) is 0.809. The lowest BCUT2D eigenvalue weighted by Gasteiger charge is -2.16. The first-order valence-corrected chi connectivity index (χ1v) is 5.64. The molecule has 1 atom stereocenters. The Balaban J connectivity index is 3.01. The summed E-state index contributed by atoms with van der Waals surface area (Å²) >= 11 is 0. The van der Waals surface area contributed by atoms with Crippen molar-refractivity contribution in [2.24, 2.45) is 5.92 Å². The SMILES string of the molecule is CCCn1c(CO)nnc1C(C)C(C)C. The molecule has 1 aromatic heterocycles. The van der Waals surface area contributed by atoms with Crippen LogP contribution >= 0.6 is 0 Å². The fourth-order valence-electron chi connectivity index (χ4n) is 1.57. The molecule has 1 rings (SSSR count). The number of aliphatic hydroxyl groups is 1. The Labute approximate surface area is 91.3 Å². The van der Waals surface area contributed by atoms with Gasteiger partial charge in [-0.3, -0.25) is 0 Å². The molecule has 4 heteroatoms. The molecule has 15 heavy (non-hydrogen) atoms. The van der Waals surface area contributed by atoms with Crippen molar-refractivity contribution >= 4 is 0 Å². The second-order valence-corrected chi connectivity index (χ2v) is 4.32. The Hall–Kier alpha value is -0.900. The van der Waals surface area contributed by atoms with Gasteiger partial charge in [-0.05, 0) is 12.3 Å². The highest BCUT2D eigenvalue weighted by atomic mass is 16.3. The van der Waals surface area contributed by atoms with E-state index in [4.69, 9.17) is 5.11 Å². The average Bonchev–Trinajstić information content (AvgIpc) is 2.60. The van der Waals surface area contributed by atoms with Gasteiger partial charge in [-0.25, -0.2) is 0 Å². The zero-order valence-corrected chi connectivity index (χ0v) is 10.1. The summed E-state index contributed by atoms with van der Waals surface area (Å²) < 4.78 is 2.05. The molecule has 0 spiro atoms. The van der Waals surface area contributed by atoms with Crippen LogP contribution in [0.15, 0.2) is 0 Å². The molecular weight excluding hydrogens is 190 g/mol. The summed E-state index contributed by atoms with van der Waals surface area (Å²) in [5.41, 5.74) is 0. The van der Waals surface area contributed by atoms with Gasteiger partial charge in [0.1, 0.15) is 12.4 Å². The highest BCUT2D eigenvalue weighted by molar-refractivity contribution is 5.01. The molecule has 0 aliphatic carbocycles. The van der Waals surface area contributed by atoms with E-state index < -0.39 is 0 Å². The average molecular weight is 211 g/mol. The lowest BCUT2D eigenvalue weighted by atomic mass is 9.97. The number of nitrogens with zero attached hydrogens (tertiary/aromatic N) is 3. The van der Waals surface area contributed by atoms with E-state index in [0.717, 1.165) is 18.8 Å². The van der Waals surface area contributed by atoms with Gasteiger partial charge < -0.3 is 9.67 Å². The van der Waals surface area contributed by atoms with E-state index in [1.807, 2.05) is 4.57 Å². The maximum atomic E-state index is 9.16. The van der Waals surface area contributed by atoms with E-state index in [0.29, 0.717) is 17.7 Å². The van der Waals surface area contributed by atoms with E-state index in [-0.39, 0.29) is 6.61 Å². The third kappa shape index (κ3) is 2.56. The van der Waals surface area contributed by atoms with Crippen LogP contribution in [0.3, 0.4) is 0 Å². The van der Waals surface area contributed by atoms with Gasteiger partial charge in [0.05, 0.1) is 0 Å². The summed E-state index contributed by atoms with van der Waals surface area (Å²) in [5.74, 6) is 2.59. The van der Waals surface area contributed by atoms with Crippen molar-refractivity contribution in [3.05, 3.63) is 11.6 Å². The summed E-state index contributed by atoms with van der Waals surface area (Å²) in [7, 11) is 0. The molecule has 1 N–H and O–H groups in total. The number of hydrogen-bond donors (Lipinski definition) is 1. The van der Waals surface area contributed by atoms with Crippen LogP contribution in [0.2, 0.25) is 0 Å². The van der Waals surface area contributed by atoms with Gasteiger partial charge in [0.2, 0.25) is 0 Å². The van der Waals surface area contributed by atoms with Crippen molar-refractivity contribution in [1.82, 2.24) is 14.8 Å². The maximum absolute atomic E-state index is 9.16. The summed E-state index contributed by atoms with van der Waals surface area (Å²) in [5, 5.41) is 17.4. The Kier molecular flexibility index (Phi) is 4.27. The summed E-state index contributed by atoms with van der Waals surface area (Å²) in [6.45, 7) is 9.47. The predicted octanol–water partition coefficient (Wildman–Crippen LogP) is 1.94. The van der Waals surface area contributed by atoms with Crippen LogP contribution in [0.4, 0.5) is 0 Å². The van der Waals surface area contributed by atoms with E-state index >= 15 is 0 Å². The third-order valence-electron chi connectivity index (χ3n) is 2.85. The molecule has 86 valence electrons. The van der Waals surface area contributed by atoms with Gasteiger partial charge >= 0.3 is 0 Å². The van der Waals surface area contributed by atoms with Crippen molar-refractivity contribution in [1.29, 1.82) is 0 Å². The summed E-state index contributed by atoms with van der Waals surface area (Å²) in [6, 6.07) is 0. The Morgan fingerprint density at radius 1 is 1.27 bits per heavy atom. The fourth-order valence-corrected chi connectivity index (χ4v) is 1.57. The largest absolute Gasteiger partial charge is 0.388 e. The predicted molar refractivity (Wildman–Crippen MR) is 59.5 cm³/mol. The lowest BCUT2D eigenvalue weighted by molar-refractivity contribution is 0.263. The highest BCUT2D eigenvalue weighted by Crippen LogP contribution is 2.22. The topological polar surface area (TPSA) is 50.9 Å². The minimum absolute atomic E-state index is 0.0299. The molecule has 0 amide bonds. The van der Waals surface area contributed by atoms with E-state index in [9.17, 15) is 0 Å². The molecule has 4 nitrogen and oxygen atoms in total. The van der Waals surface area contributed by atoms with Gasteiger partial charge in [0.15, 0.2) is 5.82 Å². The van der Waals surface area contributed by atoms with Crippen molar-refractivity contribution in [3.63, 3.8) is 0 Å². The van der Waals surface area contributed by atoms with Crippen LogP contribution in [0, 0.1) is 5.92 Å². The van der Waals surface area contributed by atoms with Crippen LogP contribution in [0.1, 0.15) is 51.7 Å². The smallest absolute Gasteiger partial charge is 0.158 e. The van der Waals surface area contributed by atoms with E-state index in [1.54, 1.807) is 0 Å². The number of aromatic nitrogens is 3. The molecule has 0 aliphatic rings. The fraction of sp³-hybridized carbons (Fsp3) is 0.818. The molecule has 0 bridgehead atoms. The first-order valence-electron chi connectivity index (χ1n) is 5.64. The number of aliphatic hydroxyl groups excluding tert-OH is 1. The molecule has 0 saturated heterocycles. The van der Waals surface area contributed by atoms with E-state index in [2.05, 4.69) is 37.9 Å². The maximum Gasteiger partial charge on any atom is 0.158 e. The van der Waals surface area contributed by atoms with Crippen molar-refractivity contribution in [2.45, 2.75) is 53.2 Å². The highest BCUT2D eigenvalue weighted by Gasteiger charge is 2.19. The molecule has 0 aromatic carbocycles. The normalized spacial score (nSPS) is 13.5. The second-order valence-electron chi connectivity index (χ2n) is 4.32. The van der Waals surface area contributed by atoms with Gasteiger partial charge in [-0.2, -0.15) is 0 Å². The molecule has 0 saturated carbocycles. The molecule has 1 unspecified atom stereocenters. The van der Waals surface area contributed by atoms with Gasteiger partial charge in [0.25, 0.3) is 0 Å². The zero-order valence-electron chi connectivity index (χ0n) is 10.1. The minimum atomic E-state index is -0.0299. The van der Waals surface area contributed by atoms with Crippen molar-refractivity contribution < 1.29 is 5.11 Å². The lowest BCUT2D eigenvalue weighted by Crippen LogP contribution is -2.13. The second kappa shape index (κ2) is 5.26. The molecule has 1 heterocycles. The van der Waals surface area contributed by atoms with Gasteiger partial charge in [0, 0.05) is 12.5 Å². The number of rotatable bonds is 5.